The first-order valence-electron chi connectivity index (χ1n) is 4.70. The third-order valence-electron chi connectivity index (χ3n) is 2.23. The summed E-state index contributed by atoms with van der Waals surface area (Å²) in [6.45, 7) is 2.67. The highest BCUT2D eigenvalue weighted by atomic mass is 16.7. The largest absolute Gasteiger partial charge is 0.497 e. The average Bonchev–Trinajstić information content (AvgIpc) is 2.65. The molecule has 2 rings (SSSR count). The van der Waals surface area contributed by atoms with E-state index in [1.807, 2.05) is 31.2 Å². The molecule has 0 saturated carbocycles. The predicted octanol–water partition coefficient (Wildman–Crippen LogP) is 2.13. The molecule has 0 bridgehead atoms. The smallest absolute Gasteiger partial charge is 0.184 e. The van der Waals surface area contributed by atoms with Crippen LogP contribution in [-0.4, -0.2) is 19.8 Å². The van der Waals surface area contributed by atoms with E-state index in [1.165, 1.54) is 0 Å². The van der Waals surface area contributed by atoms with Gasteiger partial charge in [0.2, 0.25) is 0 Å². The summed E-state index contributed by atoms with van der Waals surface area (Å²) in [6, 6.07) is 7.74. The molecule has 0 amide bonds. The van der Waals surface area contributed by atoms with E-state index in [-0.39, 0.29) is 12.4 Å². The van der Waals surface area contributed by atoms with Gasteiger partial charge in [-0.15, -0.1) is 0 Å². The maximum atomic E-state index is 5.56. The van der Waals surface area contributed by atoms with Crippen molar-refractivity contribution < 1.29 is 14.2 Å². The van der Waals surface area contributed by atoms with Crippen LogP contribution < -0.4 is 4.74 Å². The second kappa shape index (κ2) is 3.98. The maximum Gasteiger partial charge on any atom is 0.184 e. The Labute approximate surface area is 83.6 Å². The summed E-state index contributed by atoms with van der Waals surface area (Å²) in [5.41, 5.74) is 1.04. The normalized spacial score (nSPS) is 26.4. The lowest BCUT2D eigenvalue weighted by Gasteiger charge is -2.10. The van der Waals surface area contributed by atoms with Gasteiger partial charge in [0.25, 0.3) is 0 Å². The lowest BCUT2D eigenvalue weighted by atomic mass is 10.2. The van der Waals surface area contributed by atoms with Gasteiger partial charge in [-0.05, 0) is 19.1 Å². The summed E-state index contributed by atoms with van der Waals surface area (Å²) >= 11 is 0. The SMILES string of the molecule is COc1ccc(C2OCC(C)O2)cc1. The van der Waals surface area contributed by atoms with E-state index in [2.05, 4.69) is 0 Å². The van der Waals surface area contributed by atoms with Crippen LogP contribution >= 0.6 is 0 Å². The molecule has 1 heterocycles. The highest BCUT2D eigenvalue weighted by molar-refractivity contribution is 5.28. The van der Waals surface area contributed by atoms with E-state index in [1.54, 1.807) is 7.11 Å². The molecule has 3 heteroatoms. The van der Waals surface area contributed by atoms with Crippen LogP contribution in [0.3, 0.4) is 0 Å². The molecule has 1 aliphatic rings. The van der Waals surface area contributed by atoms with Gasteiger partial charge in [0, 0.05) is 5.56 Å². The number of hydrogen-bond donors (Lipinski definition) is 0. The fourth-order valence-electron chi connectivity index (χ4n) is 1.45. The molecule has 0 N–H and O–H groups in total. The van der Waals surface area contributed by atoms with E-state index in [0.29, 0.717) is 6.61 Å². The Kier molecular flexibility index (Phi) is 2.70. The molecule has 76 valence electrons. The molecule has 1 aromatic rings. The Morgan fingerprint density at radius 2 is 2.00 bits per heavy atom. The minimum atomic E-state index is -0.212. The van der Waals surface area contributed by atoms with Gasteiger partial charge in [-0.3, -0.25) is 0 Å². The van der Waals surface area contributed by atoms with Gasteiger partial charge in [0.15, 0.2) is 6.29 Å². The minimum Gasteiger partial charge on any atom is -0.497 e. The van der Waals surface area contributed by atoms with Crippen LogP contribution in [0.4, 0.5) is 0 Å². The molecule has 2 unspecified atom stereocenters. The van der Waals surface area contributed by atoms with Gasteiger partial charge in [-0.1, -0.05) is 12.1 Å². The van der Waals surface area contributed by atoms with Crippen LogP contribution in [0.5, 0.6) is 5.75 Å². The Hall–Kier alpha value is -1.06. The van der Waals surface area contributed by atoms with E-state index in [9.17, 15) is 0 Å². The van der Waals surface area contributed by atoms with Crippen molar-refractivity contribution in [2.24, 2.45) is 0 Å². The van der Waals surface area contributed by atoms with Gasteiger partial charge in [-0.25, -0.2) is 0 Å². The summed E-state index contributed by atoms with van der Waals surface area (Å²) in [7, 11) is 1.65. The zero-order valence-corrected chi connectivity index (χ0v) is 8.40. The quantitative estimate of drug-likeness (QED) is 0.721. The van der Waals surface area contributed by atoms with Crippen molar-refractivity contribution in [3.8, 4) is 5.75 Å². The van der Waals surface area contributed by atoms with Crippen LogP contribution in [0.25, 0.3) is 0 Å². The molecule has 1 aliphatic heterocycles. The molecular formula is C11H14O3. The Bertz CT molecular complexity index is 294. The molecule has 0 spiro atoms. The van der Waals surface area contributed by atoms with Crippen molar-refractivity contribution in [1.29, 1.82) is 0 Å². The minimum absolute atomic E-state index is 0.183. The molecule has 2 atom stereocenters. The van der Waals surface area contributed by atoms with E-state index < -0.39 is 0 Å². The van der Waals surface area contributed by atoms with Crippen molar-refractivity contribution >= 4 is 0 Å². The lowest BCUT2D eigenvalue weighted by Crippen LogP contribution is -2.02. The molecule has 3 nitrogen and oxygen atoms in total. The molecular weight excluding hydrogens is 180 g/mol. The molecule has 0 aromatic heterocycles. The van der Waals surface area contributed by atoms with Crippen LogP contribution in [0.1, 0.15) is 18.8 Å². The van der Waals surface area contributed by atoms with Gasteiger partial charge >= 0.3 is 0 Å². The second-order valence-electron chi connectivity index (χ2n) is 3.39. The molecule has 14 heavy (non-hydrogen) atoms. The average molecular weight is 194 g/mol. The van der Waals surface area contributed by atoms with Crippen molar-refractivity contribution in [3.05, 3.63) is 29.8 Å². The monoisotopic (exact) mass is 194 g/mol. The van der Waals surface area contributed by atoms with Gasteiger partial charge < -0.3 is 14.2 Å². The van der Waals surface area contributed by atoms with Crippen LogP contribution in [0.2, 0.25) is 0 Å². The number of hydrogen-bond acceptors (Lipinski definition) is 3. The first kappa shape index (κ1) is 9.49. The number of rotatable bonds is 2. The standard InChI is InChI=1S/C11H14O3/c1-8-7-13-11(14-8)9-3-5-10(12-2)6-4-9/h3-6,8,11H,7H2,1-2H3. The molecule has 1 saturated heterocycles. The maximum absolute atomic E-state index is 5.56. The first-order valence-corrected chi connectivity index (χ1v) is 4.70. The van der Waals surface area contributed by atoms with Gasteiger partial charge in [0.1, 0.15) is 5.75 Å². The summed E-state index contributed by atoms with van der Waals surface area (Å²) < 4.78 is 16.1. The second-order valence-corrected chi connectivity index (χ2v) is 3.39. The molecule has 0 radical (unpaired) electrons. The third-order valence-corrected chi connectivity index (χ3v) is 2.23. The predicted molar refractivity (Wildman–Crippen MR) is 52.2 cm³/mol. The Balaban J connectivity index is 2.09. The Morgan fingerprint density at radius 3 is 2.50 bits per heavy atom. The van der Waals surface area contributed by atoms with E-state index in [4.69, 9.17) is 14.2 Å². The zero-order chi connectivity index (χ0) is 9.97. The van der Waals surface area contributed by atoms with Crippen molar-refractivity contribution in [3.63, 3.8) is 0 Å². The summed E-state index contributed by atoms with van der Waals surface area (Å²) in [4.78, 5) is 0. The van der Waals surface area contributed by atoms with Crippen molar-refractivity contribution in [2.45, 2.75) is 19.3 Å². The highest BCUT2D eigenvalue weighted by Crippen LogP contribution is 2.27. The summed E-state index contributed by atoms with van der Waals surface area (Å²) in [6.07, 6.45) is -0.0296. The molecule has 1 aromatic carbocycles. The summed E-state index contributed by atoms with van der Waals surface area (Å²) in [5, 5.41) is 0. The first-order chi connectivity index (χ1) is 6.79. The van der Waals surface area contributed by atoms with Crippen molar-refractivity contribution in [1.82, 2.24) is 0 Å². The van der Waals surface area contributed by atoms with Gasteiger partial charge in [-0.2, -0.15) is 0 Å². The zero-order valence-electron chi connectivity index (χ0n) is 8.40. The summed E-state index contributed by atoms with van der Waals surface area (Å²) in [5.74, 6) is 0.847. The Morgan fingerprint density at radius 1 is 1.29 bits per heavy atom. The van der Waals surface area contributed by atoms with E-state index >= 15 is 0 Å². The number of ether oxygens (including phenoxy) is 3. The third kappa shape index (κ3) is 1.89. The van der Waals surface area contributed by atoms with Crippen LogP contribution in [0, 0.1) is 0 Å². The number of benzene rings is 1. The molecule has 0 aliphatic carbocycles. The van der Waals surface area contributed by atoms with Crippen molar-refractivity contribution in [2.75, 3.05) is 13.7 Å². The topological polar surface area (TPSA) is 27.7 Å². The number of methoxy groups -OCH3 is 1. The molecule has 1 fully saturated rings. The lowest BCUT2D eigenvalue weighted by molar-refractivity contribution is -0.0572. The fourth-order valence-corrected chi connectivity index (χ4v) is 1.45. The van der Waals surface area contributed by atoms with Crippen LogP contribution in [-0.2, 0) is 9.47 Å². The van der Waals surface area contributed by atoms with Crippen LogP contribution in [0.15, 0.2) is 24.3 Å². The van der Waals surface area contributed by atoms with Gasteiger partial charge in [0.05, 0.1) is 19.8 Å². The fraction of sp³-hybridized carbons (Fsp3) is 0.455. The highest BCUT2D eigenvalue weighted by Gasteiger charge is 2.23. The van der Waals surface area contributed by atoms with E-state index in [0.717, 1.165) is 11.3 Å².